The Kier molecular flexibility index (Phi) is 8.17. The SMILES string of the molecule is CCOc1cccc(/C=N\NC(=O)CSc2nnc(-c3ccc(Br)cc3)n2-c2ccccc2)c1O. The molecular weight excluding hydrogens is 530 g/mol. The number of para-hydroxylation sites is 2. The molecule has 3 aromatic carbocycles. The van der Waals surface area contributed by atoms with Crippen molar-refractivity contribution in [2.75, 3.05) is 12.4 Å². The number of halogens is 1. The molecule has 0 aliphatic carbocycles. The Morgan fingerprint density at radius 2 is 1.89 bits per heavy atom. The van der Waals surface area contributed by atoms with Gasteiger partial charge in [-0.05, 0) is 43.3 Å². The summed E-state index contributed by atoms with van der Waals surface area (Å²) in [4.78, 5) is 12.4. The minimum absolute atomic E-state index is 0.0295. The molecule has 35 heavy (non-hydrogen) atoms. The monoisotopic (exact) mass is 551 g/mol. The molecule has 0 radical (unpaired) electrons. The average Bonchev–Trinajstić information content (AvgIpc) is 3.30. The molecule has 0 unspecified atom stereocenters. The number of aromatic hydroxyl groups is 1. The molecule has 0 atom stereocenters. The fourth-order valence-corrected chi connectivity index (χ4v) is 4.22. The summed E-state index contributed by atoms with van der Waals surface area (Å²) in [6.45, 7) is 2.26. The Hall–Kier alpha value is -3.63. The number of thioether (sulfide) groups is 1. The van der Waals surface area contributed by atoms with Crippen LogP contribution in [0, 0.1) is 0 Å². The van der Waals surface area contributed by atoms with Crippen LogP contribution >= 0.6 is 27.7 Å². The van der Waals surface area contributed by atoms with Crippen molar-refractivity contribution in [2.24, 2.45) is 5.10 Å². The normalized spacial score (nSPS) is 11.0. The predicted molar refractivity (Wildman–Crippen MR) is 140 cm³/mol. The quantitative estimate of drug-likeness (QED) is 0.171. The summed E-state index contributed by atoms with van der Waals surface area (Å²) in [5, 5.41) is 23.5. The molecular formula is C25H22BrN5O3S. The highest BCUT2D eigenvalue weighted by molar-refractivity contribution is 9.10. The summed E-state index contributed by atoms with van der Waals surface area (Å²) < 4.78 is 8.25. The number of nitrogens with one attached hydrogen (secondary N) is 1. The first-order valence-electron chi connectivity index (χ1n) is 10.7. The number of rotatable bonds is 9. The zero-order chi connectivity index (χ0) is 24.6. The number of phenols is 1. The van der Waals surface area contributed by atoms with E-state index >= 15 is 0 Å². The summed E-state index contributed by atoms with van der Waals surface area (Å²) in [6, 6.07) is 22.6. The van der Waals surface area contributed by atoms with Crippen LogP contribution in [0.2, 0.25) is 0 Å². The van der Waals surface area contributed by atoms with E-state index in [0.717, 1.165) is 15.7 Å². The van der Waals surface area contributed by atoms with Gasteiger partial charge >= 0.3 is 0 Å². The van der Waals surface area contributed by atoms with Gasteiger partial charge in [0.1, 0.15) is 0 Å². The summed E-state index contributed by atoms with van der Waals surface area (Å²) >= 11 is 4.71. The molecule has 8 nitrogen and oxygen atoms in total. The molecule has 4 aromatic rings. The Labute approximate surface area is 215 Å². The van der Waals surface area contributed by atoms with Crippen LogP contribution in [0.1, 0.15) is 12.5 Å². The zero-order valence-corrected chi connectivity index (χ0v) is 21.2. The number of hydrazone groups is 1. The minimum atomic E-state index is -0.320. The van der Waals surface area contributed by atoms with E-state index in [4.69, 9.17) is 4.74 Å². The number of benzene rings is 3. The summed E-state index contributed by atoms with van der Waals surface area (Å²) in [7, 11) is 0. The summed E-state index contributed by atoms with van der Waals surface area (Å²) in [5.74, 6) is 0.764. The van der Waals surface area contributed by atoms with E-state index in [1.54, 1.807) is 18.2 Å². The Balaban J connectivity index is 1.47. The van der Waals surface area contributed by atoms with Gasteiger partial charge in [-0.1, -0.05) is 64.1 Å². The van der Waals surface area contributed by atoms with Crippen molar-refractivity contribution in [1.82, 2.24) is 20.2 Å². The molecule has 1 aromatic heterocycles. The minimum Gasteiger partial charge on any atom is -0.504 e. The number of carbonyl (C=O) groups is 1. The van der Waals surface area contributed by atoms with Gasteiger partial charge in [-0.2, -0.15) is 5.10 Å². The first-order chi connectivity index (χ1) is 17.1. The lowest BCUT2D eigenvalue weighted by atomic mass is 10.2. The van der Waals surface area contributed by atoms with Crippen molar-refractivity contribution < 1.29 is 14.6 Å². The molecule has 0 bridgehead atoms. The van der Waals surface area contributed by atoms with Crippen LogP contribution in [0.15, 0.2) is 87.5 Å². The maximum Gasteiger partial charge on any atom is 0.250 e. The lowest BCUT2D eigenvalue weighted by Gasteiger charge is -2.10. The van der Waals surface area contributed by atoms with Crippen LogP contribution in [-0.2, 0) is 4.79 Å². The molecule has 0 aliphatic heterocycles. The average molecular weight is 552 g/mol. The molecule has 0 saturated carbocycles. The Bertz CT molecular complexity index is 1330. The van der Waals surface area contributed by atoms with Crippen molar-refractivity contribution in [3.8, 4) is 28.6 Å². The van der Waals surface area contributed by atoms with Crippen molar-refractivity contribution in [3.63, 3.8) is 0 Å². The van der Waals surface area contributed by atoms with E-state index in [1.807, 2.05) is 66.1 Å². The van der Waals surface area contributed by atoms with Crippen molar-refractivity contribution >= 4 is 39.8 Å². The lowest BCUT2D eigenvalue weighted by Crippen LogP contribution is -2.20. The van der Waals surface area contributed by atoms with Crippen LogP contribution in [0.4, 0.5) is 0 Å². The number of hydrogen-bond donors (Lipinski definition) is 2. The van der Waals surface area contributed by atoms with Gasteiger partial charge in [-0.25, -0.2) is 5.43 Å². The smallest absolute Gasteiger partial charge is 0.250 e. The number of carbonyl (C=O) groups excluding carboxylic acids is 1. The molecule has 0 saturated heterocycles. The first-order valence-corrected chi connectivity index (χ1v) is 12.5. The standard InChI is InChI=1S/C25H22BrN5O3S/c1-2-34-21-10-6-7-18(23(21)33)15-27-28-22(32)16-35-25-30-29-24(17-11-13-19(26)14-12-17)31(25)20-8-4-3-5-9-20/h3-15,33H,2,16H2,1H3,(H,28,32)/b27-15-. The van der Waals surface area contributed by atoms with Crippen LogP contribution in [0.25, 0.3) is 17.1 Å². The van der Waals surface area contributed by atoms with Gasteiger partial charge in [0, 0.05) is 21.3 Å². The Morgan fingerprint density at radius 3 is 2.63 bits per heavy atom. The highest BCUT2D eigenvalue weighted by Gasteiger charge is 2.17. The maximum atomic E-state index is 12.4. The van der Waals surface area contributed by atoms with Crippen LogP contribution in [0.5, 0.6) is 11.5 Å². The van der Waals surface area contributed by atoms with Gasteiger partial charge in [-0.3, -0.25) is 9.36 Å². The van der Waals surface area contributed by atoms with Gasteiger partial charge in [-0.15, -0.1) is 10.2 Å². The van der Waals surface area contributed by atoms with Gasteiger partial charge in [0.15, 0.2) is 22.5 Å². The second-order valence-electron chi connectivity index (χ2n) is 7.19. The van der Waals surface area contributed by atoms with E-state index in [1.165, 1.54) is 18.0 Å². The highest BCUT2D eigenvalue weighted by atomic mass is 79.9. The molecule has 2 N–H and O–H groups in total. The molecule has 1 amide bonds. The number of nitrogens with zero attached hydrogens (tertiary/aromatic N) is 4. The topological polar surface area (TPSA) is 102 Å². The van der Waals surface area contributed by atoms with E-state index in [9.17, 15) is 9.90 Å². The molecule has 178 valence electrons. The van der Waals surface area contributed by atoms with Crippen molar-refractivity contribution in [3.05, 3.63) is 82.8 Å². The number of phenolic OH excluding ortho intramolecular Hbond substituents is 1. The predicted octanol–water partition coefficient (Wildman–Crippen LogP) is 5.04. The van der Waals surface area contributed by atoms with Crippen molar-refractivity contribution in [2.45, 2.75) is 12.1 Å². The highest BCUT2D eigenvalue weighted by Crippen LogP contribution is 2.29. The van der Waals surface area contributed by atoms with E-state index in [-0.39, 0.29) is 17.4 Å². The van der Waals surface area contributed by atoms with Crippen LogP contribution in [0.3, 0.4) is 0 Å². The second kappa shape index (κ2) is 11.7. The number of hydrogen-bond acceptors (Lipinski definition) is 7. The fraction of sp³-hybridized carbons (Fsp3) is 0.120. The van der Waals surface area contributed by atoms with E-state index in [2.05, 4.69) is 36.7 Å². The summed E-state index contributed by atoms with van der Waals surface area (Å²) in [5.41, 5.74) is 4.71. The molecule has 0 spiro atoms. The largest absolute Gasteiger partial charge is 0.504 e. The third-order valence-electron chi connectivity index (χ3n) is 4.81. The number of aromatic nitrogens is 3. The molecule has 0 aliphatic rings. The zero-order valence-electron chi connectivity index (χ0n) is 18.8. The van der Waals surface area contributed by atoms with Crippen LogP contribution in [-0.4, -0.2) is 44.4 Å². The third kappa shape index (κ3) is 6.09. The molecule has 1 heterocycles. The lowest BCUT2D eigenvalue weighted by molar-refractivity contribution is -0.118. The van der Waals surface area contributed by atoms with E-state index in [0.29, 0.717) is 28.9 Å². The third-order valence-corrected chi connectivity index (χ3v) is 6.26. The fourth-order valence-electron chi connectivity index (χ4n) is 3.21. The van der Waals surface area contributed by atoms with E-state index < -0.39 is 0 Å². The molecule has 0 fully saturated rings. The molecule has 10 heteroatoms. The van der Waals surface area contributed by atoms with Gasteiger partial charge in [0.2, 0.25) is 0 Å². The van der Waals surface area contributed by atoms with Crippen molar-refractivity contribution in [1.29, 1.82) is 0 Å². The van der Waals surface area contributed by atoms with Gasteiger partial charge < -0.3 is 9.84 Å². The van der Waals surface area contributed by atoms with Crippen LogP contribution < -0.4 is 10.2 Å². The second-order valence-corrected chi connectivity index (χ2v) is 9.05. The van der Waals surface area contributed by atoms with Gasteiger partial charge in [0.05, 0.1) is 18.6 Å². The molecule has 4 rings (SSSR count). The first kappa shape index (κ1) is 24.5. The van der Waals surface area contributed by atoms with Gasteiger partial charge in [0.25, 0.3) is 5.91 Å². The number of ether oxygens (including phenoxy) is 1. The number of amides is 1. The Morgan fingerprint density at radius 1 is 1.11 bits per heavy atom. The maximum absolute atomic E-state index is 12.4. The summed E-state index contributed by atoms with van der Waals surface area (Å²) in [6.07, 6.45) is 1.37.